The molecule has 0 spiro atoms. The molecule has 2 heterocycles. The number of nitrogens with zero attached hydrogens (tertiary/aromatic N) is 3. The van der Waals surface area contributed by atoms with E-state index < -0.39 is 10.0 Å². The van der Waals surface area contributed by atoms with E-state index in [1.807, 2.05) is 19.9 Å². The van der Waals surface area contributed by atoms with Crippen LogP contribution in [-0.4, -0.2) is 55.7 Å². The molecule has 3 rings (SSSR count). The van der Waals surface area contributed by atoms with E-state index >= 15 is 0 Å². The van der Waals surface area contributed by atoms with E-state index in [-0.39, 0.29) is 11.8 Å². The smallest absolute Gasteiger partial charge is 0.275 e. The molecule has 0 bridgehead atoms. The molecule has 28 heavy (non-hydrogen) atoms. The van der Waals surface area contributed by atoms with Gasteiger partial charge in [0.1, 0.15) is 5.76 Å². The van der Waals surface area contributed by atoms with Crippen LogP contribution in [0.15, 0.2) is 27.5 Å². The highest BCUT2D eigenvalue weighted by Gasteiger charge is 2.33. The summed E-state index contributed by atoms with van der Waals surface area (Å²) < 4.78 is 33.2. The van der Waals surface area contributed by atoms with E-state index in [9.17, 15) is 13.2 Å². The third kappa shape index (κ3) is 3.84. The van der Waals surface area contributed by atoms with Crippen molar-refractivity contribution in [1.82, 2.24) is 14.2 Å². The van der Waals surface area contributed by atoms with Gasteiger partial charge >= 0.3 is 0 Å². The standard InChI is InChI=1S/C20H27N3O4S/c1-13-6-7-17(12-14(13)2)28(25,26)23-10-8-16(9-11-23)19-21-18(15(3)27-19)20(24)22(4)5/h6-7,12,16H,8-11H2,1-5H3. The molecule has 0 atom stereocenters. The minimum Gasteiger partial charge on any atom is -0.445 e. The van der Waals surface area contributed by atoms with Crippen molar-refractivity contribution < 1.29 is 17.6 Å². The first kappa shape index (κ1) is 20.5. The Balaban J connectivity index is 1.73. The van der Waals surface area contributed by atoms with Gasteiger partial charge in [0.25, 0.3) is 5.91 Å². The maximum absolute atomic E-state index is 13.0. The molecule has 1 aliphatic rings. The van der Waals surface area contributed by atoms with Crippen molar-refractivity contribution in [1.29, 1.82) is 0 Å². The summed E-state index contributed by atoms with van der Waals surface area (Å²) in [5.74, 6) is 0.834. The SMILES string of the molecule is Cc1ccc(S(=O)(=O)N2CCC(c3nc(C(=O)N(C)C)c(C)o3)CC2)cc1C. The zero-order chi connectivity index (χ0) is 20.6. The zero-order valence-electron chi connectivity index (χ0n) is 17.0. The molecule has 2 aromatic rings. The monoisotopic (exact) mass is 405 g/mol. The van der Waals surface area contributed by atoms with Gasteiger partial charge in [0.2, 0.25) is 10.0 Å². The maximum Gasteiger partial charge on any atom is 0.275 e. The summed E-state index contributed by atoms with van der Waals surface area (Å²) in [6.07, 6.45) is 1.22. The van der Waals surface area contributed by atoms with E-state index in [1.54, 1.807) is 33.2 Å². The minimum absolute atomic E-state index is 0.00798. The second kappa shape index (κ2) is 7.67. The number of rotatable bonds is 4. The Kier molecular flexibility index (Phi) is 5.63. The number of hydrogen-bond acceptors (Lipinski definition) is 5. The van der Waals surface area contributed by atoms with Gasteiger partial charge in [-0.05, 0) is 56.9 Å². The van der Waals surface area contributed by atoms with Crippen LogP contribution in [0.5, 0.6) is 0 Å². The number of oxazole rings is 1. The number of aryl methyl sites for hydroxylation is 3. The van der Waals surface area contributed by atoms with Crippen molar-refractivity contribution in [2.45, 2.75) is 44.4 Å². The molecule has 1 amide bonds. The Hall–Kier alpha value is -2.19. The van der Waals surface area contributed by atoms with Gasteiger partial charge in [-0.15, -0.1) is 0 Å². The normalized spacial score (nSPS) is 16.3. The Morgan fingerprint density at radius 2 is 1.79 bits per heavy atom. The lowest BCUT2D eigenvalue weighted by Crippen LogP contribution is -2.38. The predicted molar refractivity (Wildman–Crippen MR) is 106 cm³/mol. The van der Waals surface area contributed by atoms with Gasteiger partial charge in [0.05, 0.1) is 4.90 Å². The molecule has 7 nitrogen and oxygen atoms in total. The molecule has 0 aliphatic carbocycles. The van der Waals surface area contributed by atoms with Gasteiger partial charge in [0.15, 0.2) is 11.6 Å². The predicted octanol–water partition coefficient (Wildman–Crippen LogP) is 2.87. The topological polar surface area (TPSA) is 83.7 Å². The van der Waals surface area contributed by atoms with Crippen LogP contribution in [0.25, 0.3) is 0 Å². The van der Waals surface area contributed by atoms with Crippen LogP contribution >= 0.6 is 0 Å². The largest absolute Gasteiger partial charge is 0.445 e. The van der Waals surface area contributed by atoms with Crippen LogP contribution in [0.1, 0.15) is 52.0 Å². The van der Waals surface area contributed by atoms with Crippen LogP contribution < -0.4 is 0 Å². The number of amides is 1. The van der Waals surface area contributed by atoms with Gasteiger partial charge in [-0.25, -0.2) is 13.4 Å². The van der Waals surface area contributed by atoms with Crippen molar-refractivity contribution >= 4 is 15.9 Å². The van der Waals surface area contributed by atoms with Gasteiger partial charge in [-0.3, -0.25) is 4.79 Å². The van der Waals surface area contributed by atoms with E-state index in [1.165, 1.54) is 9.21 Å². The molecule has 1 aromatic heterocycles. The van der Waals surface area contributed by atoms with Gasteiger partial charge < -0.3 is 9.32 Å². The second-order valence-corrected chi connectivity index (χ2v) is 9.52. The fourth-order valence-corrected chi connectivity index (χ4v) is 4.92. The first-order valence-electron chi connectivity index (χ1n) is 9.37. The van der Waals surface area contributed by atoms with Crippen LogP contribution in [0.4, 0.5) is 0 Å². The number of aromatic nitrogens is 1. The molecule has 8 heteroatoms. The first-order valence-corrected chi connectivity index (χ1v) is 10.8. The molecule has 1 saturated heterocycles. The number of benzene rings is 1. The Bertz CT molecular complexity index is 987. The first-order chi connectivity index (χ1) is 13.1. The molecule has 1 fully saturated rings. The van der Waals surface area contributed by atoms with Gasteiger partial charge in [0, 0.05) is 33.1 Å². The van der Waals surface area contributed by atoms with E-state index in [2.05, 4.69) is 4.98 Å². The summed E-state index contributed by atoms with van der Waals surface area (Å²) in [5, 5.41) is 0. The van der Waals surface area contributed by atoms with Crippen molar-refractivity contribution in [2.24, 2.45) is 0 Å². The lowest BCUT2D eigenvalue weighted by Gasteiger charge is -2.30. The van der Waals surface area contributed by atoms with Gasteiger partial charge in [-0.2, -0.15) is 4.31 Å². The Morgan fingerprint density at radius 1 is 1.14 bits per heavy atom. The quantitative estimate of drug-likeness (QED) is 0.781. The zero-order valence-corrected chi connectivity index (χ0v) is 17.8. The Morgan fingerprint density at radius 3 is 2.36 bits per heavy atom. The minimum atomic E-state index is -3.51. The summed E-state index contributed by atoms with van der Waals surface area (Å²) in [7, 11) is -0.167. The summed E-state index contributed by atoms with van der Waals surface area (Å²) in [6.45, 7) is 6.41. The molecule has 1 aliphatic heterocycles. The highest BCUT2D eigenvalue weighted by atomic mass is 32.2. The number of sulfonamides is 1. The van der Waals surface area contributed by atoms with Crippen molar-refractivity contribution in [3.05, 3.63) is 46.7 Å². The van der Waals surface area contributed by atoms with E-state index in [4.69, 9.17) is 4.42 Å². The molecule has 0 unspecified atom stereocenters. The van der Waals surface area contributed by atoms with Crippen LogP contribution in [0.2, 0.25) is 0 Å². The summed E-state index contributed by atoms with van der Waals surface area (Å²) in [4.78, 5) is 18.4. The van der Waals surface area contributed by atoms with Crippen molar-refractivity contribution in [3.8, 4) is 0 Å². The lowest BCUT2D eigenvalue weighted by atomic mass is 9.98. The van der Waals surface area contributed by atoms with E-state index in [0.717, 1.165) is 11.1 Å². The maximum atomic E-state index is 13.0. The average Bonchev–Trinajstić information content (AvgIpc) is 3.04. The van der Waals surface area contributed by atoms with Crippen LogP contribution in [-0.2, 0) is 10.0 Å². The molecule has 1 aromatic carbocycles. The third-order valence-electron chi connectivity index (χ3n) is 5.34. The number of hydrogen-bond donors (Lipinski definition) is 0. The average molecular weight is 406 g/mol. The number of piperidine rings is 1. The molecular formula is C20H27N3O4S. The summed E-state index contributed by atoms with van der Waals surface area (Å²) >= 11 is 0. The summed E-state index contributed by atoms with van der Waals surface area (Å²) in [5.41, 5.74) is 2.36. The third-order valence-corrected chi connectivity index (χ3v) is 7.24. The summed E-state index contributed by atoms with van der Waals surface area (Å²) in [6, 6.07) is 5.24. The van der Waals surface area contributed by atoms with Crippen molar-refractivity contribution in [3.63, 3.8) is 0 Å². The van der Waals surface area contributed by atoms with E-state index in [0.29, 0.717) is 48.2 Å². The lowest BCUT2D eigenvalue weighted by molar-refractivity contribution is 0.0821. The molecule has 0 N–H and O–H groups in total. The highest BCUT2D eigenvalue weighted by Crippen LogP contribution is 2.31. The van der Waals surface area contributed by atoms with Crippen molar-refractivity contribution in [2.75, 3.05) is 27.2 Å². The highest BCUT2D eigenvalue weighted by molar-refractivity contribution is 7.89. The fraction of sp³-hybridized carbons (Fsp3) is 0.500. The molecule has 152 valence electrons. The fourth-order valence-electron chi connectivity index (χ4n) is 3.37. The Labute approximate surface area is 166 Å². The molecular weight excluding hydrogens is 378 g/mol. The number of carbonyl (C=O) groups is 1. The molecule has 0 radical (unpaired) electrons. The molecule has 0 saturated carbocycles. The van der Waals surface area contributed by atoms with Crippen LogP contribution in [0.3, 0.4) is 0 Å². The second-order valence-electron chi connectivity index (χ2n) is 7.58. The van der Waals surface area contributed by atoms with Crippen LogP contribution in [0, 0.1) is 20.8 Å². The van der Waals surface area contributed by atoms with Gasteiger partial charge in [-0.1, -0.05) is 6.07 Å². The number of carbonyl (C=O) groups excluding carboxylic acids is 1.